The van der Waals surface area contributed by atoms with Crippen LogP contribution in [0, 0.1) is 13.8 Å². The minimum atomic E-state index is -0.279. The minimum Gasteiger partial charge on any atom is -0.486 e. The fourth-order valence-corrected chi connectivity index (χ4v) is 2.25. The predicted molar refractivity (Wildman–Crippen MR) is 93.4 cm³/mol. The molecular weight excluding hydrogens is 302 g/mol. The molecule has 0 fully saturated rings. The van der Waals surface area contributed by atoms with Gasteiger partial charge in [-0.3, -0.25) is 4.79 Å². The normalized spacial score (nSPS) is 10.4. The number of carbonyl (C=O) groups excluding carboxylic acids is 1. The topological polar surface area (TPSA) is 51.5 Å². The molecule has 0 bridgehead atoms. The van der Waals surface area contributed by atoms with Gasteiger partial charge in [-0.2, -0.15) is 0 Å². The molecule has 122 valence electrons. The van der Waals surface area contributed by atoms with Gasteiger partial charge in [-0.25, -0.2) is 0 Å². The number of rotatable bonds is 5. The second-order valence-electron chi connectivity index (χ2n) is 5.62. The Hall–Kier alpha value is -3.01. The second kappa shape index (κ2) is 7.04. The van der Waals surface area contributed by atoms with E-state index in [1.165, 1.54) is 11.1 Å². The number of hydrogen-bond acceptors (Lipinski definition) is 3. The summed E-state index contributed by atoms with van der Waals surface area (Å²) in [5, 5.41) is 2.79. The Bertz CT molecular complexity index is 837. The van der Waals surface area contributed by atoms with Gasteiger partial charge in [-0.05, 0) is 61.4 Å². The van der Waals surface area contributed by atoms with E-state index in [-0.39, 0.29) is 18.3 Å². The van der Waals surface area contributed by atoms with Crippen LogP contribution in [0.15, 0.2) is 65.1 Å². The lowest BCUT2D eigenvalue weighted by molar-refractivity contribution is 0.0992. The minimum absolute atomic E-state index is 0.262. The molecule has 24 heavy (non-hydrogen) atoms. The van der Waals surface area contributed by atoms with Crippen LogP contribution < -0.4 is 10.1 Å². The molecule has 0 spiro atoms. The van der Waals surface area contributed by atoms with Crippen LogP contribution in [0.3, 0.4) is 0 Å². The maximum Gasteiger partial charge on any atom is 0.291 e. The molecule has 0 saturated carbocycles. The van der Waals surface area contributed by atoms with E-state index in [1.807, 2.05) is 55.5 Å². The summed E-state index contributed by atoms with van der Waals surface area (Å²) in [5.74, 6) is 1.37. The molecule has 1 aromatic heterocycles. The van der Waals surface area contributed by atoms with Crippen molar-refractivity contribution in [2.75, 3.05) is 5.32 Å². The fourth-order valence-electron chi connectivity index (χ4n) is 2.25. The van der Waals surface area contributed by atoms with Gasteiger partial charge in [0.25, 0.3) is 5.91 Å². The molecule has 1 N–H and O–H groups in total. The number of para-hydroxylation sites is 1. The van der Waals surface area contributed by atoms with Gasteiger partial charge in [0, 0.05) is 5.69 Å². The third-order valence-electron chi connectivity index (χ3n) is 3.78. The standard InChI is InChI=1S/C20H19NO3/c1-14-8-9-17(12-15(14)2)23-13-18-10-11-19(24-18)20(22)21-16-6-4-3-5-7-16/h3-12H,13H2,1-2H3,(H,21,22). The average Bonchev–Trinajstić information content (AvgIpc) is 3.06. The summed E-state index contributed by atoms with van der Waals surface area (Å²) in [4.78, 5) is 12.1. The smallest absolute Gasteiger partial charge is 0.291 e. The van der Waals surface area contributed by atoms with Crippen LogP contribution in [0.1, 0.15) is 27.4 Å². The van der Waals surface area contributed by atoms with E-state index < -0.39 is 0 Å². The van der Waals surface area contributed by atoms with E-state index >= 15 is 0 Å². The molecule has 0 atom stereocenters. The molecule has 4 heteroatoms. The summed E-state index contributed by atoms with van der Waals surface area (Å²) in [6.45, 7) is 4.38. The third-order valence-corrected chi connectivity index (χ3v) is 3.78. The zero-order valence-corrected chi connectivity index (χ0v) is 13.7. The number of hydrogen-bond donors (Lipinski definition) is 1. The molecular formula is C20H19NO3. The van der Waals surface area contributed by atoms with Gasteiger partial charge >= 0.3 is 0 Å². The van der Waals surface area contributed by atoms with Crippen molar-refractivity contribution >= 4 is 11.6 Å². The Balaban J connectivity index is 1.60. The summed E-state index contributed by atoms with van der Waals surface area (Å²) < 4.78 is 11.3. The molecule has 1 amide bonds. The second-order valence-corrected chi connectivity index (χ2v) is 5.62. The summed E-state index contributed by atoms with van der Waals surface area (Å²) in [6.07, 6.45) is 0. The van der Waals surface area contributed by atoms with E-state index in [4.69, 9.17) is 9.15 Å². The number of aryl methyl sites for hydroxylation is 2. The molecule has 3 aromatic rings. The highest BCUT2D eigenvalue weighted by molar-refractivity contribution is 6.02. The molecule has 3 rings (SSSR count). The Morgan fingerprint density at radius 2 is 1.79 bits per heavy atom. The summed E-state index contributed by atoms with van der Waals surface area (Å²) in [6, 6.07) is 18.6. The van der Waals surface area contributed by atoms with E-state index in [0.29, 0.717) is 5.76 Å². The molecule has 0 radical (unpaired) electrons. The average molecular weight is 321 g/mol. The Labute approximate surface area is 141 Å². The number of furan rings is 1. The lowest BCUT2D eigenvalue weighted by Gasteiger charge is -2.07. The lowest BCUT2D eigenvalue weighted by Crippen LogP contribution is -2.10. The molecule has 0 aliphatic heterocycles. The van der Waals surface area contributed by atoms with Crippen molar-refractivity contribution in [3.8, 4) is 5.75 Å². The first-order valence-electron chi connectivity index (χ1n) is 7.77. The third kappa shape index (κ3) is 3.84. The SMILES string of the molecule is Cc1ccc(OCc2ccc(C(=O)Nc3ccccc3)o2)cc1C. The van der Waals surface area contributed by atoms with Crippen LogP contribution >= 0.6 is 0 Å². The van der Waals surface area contributed by atoms with Crippen LogP contribution in [-0.4, -0.2) is 5.91 Å². The van der Waals surface area contributed by atoms with E-state index in [2.05, 4.69) is 12.2 Å². The maximum absolute atomic E-state index is 12.1. The zero-order chi connectivity index (χ0) is 16.9. The van der Waals surface area contributed by atoms with Gasteiger partial charge in [-0.1, -0.05) is 24.3 Å². The van der Waals surface area contributed by atoms with Crippen molar-refractivity contribution in [3.05, 3.63) is 83.3 Å². The van der Waals surface area contributed by atoms with E-state index in [0.717, 1.165) is 11.4 Å². The van der Waals surface area contributed by atoms with E-state index in [9.17, 15) is 4.79 Å². The first-order valence-corrected chi connectivity index (χ1v) is 7.77. The first kappa shape index (κ1) is 15.9. The first-order chi connectivity index (χ1) is 11.6. The van der Waals surface area contributed by atoms with Crippen molar-refractivity contribution in [2.45, 2.75) is 20.5 Å². The van der Waals surface area contributed by atoms with Crippen LogP contribution in [-0.2, 0) is 6.61 Å². The highest BCUT2D eigenvalue weighted by Crippen LogP contribution is 2.19. The van der Waals surface area contributed by atoms with Crippen molar-refractivity contribution in [3.63, 3.8) is 0 Å². The van der Waals surface area contributed by atoms with E-state index in [1.54, 1.807) is 12.1 Å². The fraction of sp³-hybridized carbons (Fsp3) is 0.150. The van der Waals surface area contributed by atoms with Crippen LogP contribution in [0.5, 0.6) is 5.75 Å². The van der Waals surface area contributed by atoms with Crippen molar-refractivity contribution in [1.29, 1.82) is 0 Å². The largest absolute Gasteiger partial charge is 0.486 e. The number of amides is 1. The predicted octanol–water partition coefficient (Wildman–Crippen LogP) is 4.73. The molecule has 0 saturated heterocycles. The molecule has 2 aromatic carbocycles. The van der Waals surface area contributed by atoms with Crippen molar-refractivity contribution in [1.82, 2.24) is 0 Å². The molecule has 0 aliphatic carbocycles. The summed E-state index contributed by atoms with van der Waals surface area (Å²) in [7, 11) is 0. The van der Waals surface area contributed by atoms with Crippen LogP contribution in [0.25, 0.3) is 0 Å². The van der Waals surface area contributed by atoms with Gasteiger partial charge in [0.1, 0.15) is 18.1 Å². The Kier molecular flexibility index (Phi) is 4.66. The highest BCUT2D eigenvalue weighted by Gasteiger charge is 2.12. The van der Waals surface area contributed by atoms with Crippen LogP contribution in [0.2, 0.25) is 0 Å². The van der Waals surface area contributed by atoms with Gasteiger partial charge in [0.2, 0.25) is 0 Å². The zero-order valence-electron chi connectivity index (χ0n) is 13.7. The summed E-state index contributed by atoms with van der Waals surface area (Å²) >= 11 is 0. The lowest BCUT2D eigenvalue weighted by atomic mass is 10.1. The van der Waals surface area contributed by atoms with Crippen LogP contribution in [0.4, 0.5) is 5.69 Å². The molecule has 0 aliphatic rings. The maximum atomic E-state index is 12.1. The highest BCUT2D eigenvalue weighted by atomic mass is 16.5. The number of benzene rings is 2. The molecule has 0 unspecified atom stereocenters. The number of ether oxygens (including phenoxy) is 1. The Morgan fingerprint density at radius 3 is 2.54 bits per heavy atom. The monoisotopic (exact) mass is 321 g/mol. The Morgan fingerprint density at radius 1 is 1.00 bits per heavy atom. The quantitative estimate of drug-likeness (QED) is 0.739. The van der Waals surface area contributed by atoms with Gasteiger partial charge in [0.05, 0.1) is 0 Å². The summed E-state index contributed by atoms with van der Waals surface area (Å²) in [5.41, 5.74) is 3.13. The molecule has 4 nitrogen and oxygen atoms in total. The van der Waals surface area contributed by atoms with Gasteiger partial charge in [0.15, 0.2) is 5.76 Å². The number of anilines is 1. The van der Waals surface area contributed by atoms with Crippen molar-refractivity contribution in [2.24, 2.45) is 0 Å². The van der Waals surface area contributed by atoms with Crippen molar-refractivity contribution < 1.29 is 13.9 Å². The number of nitrogens with one attached hydrogen (secondary N) is 1. The molecule has 1 heterocycles. The van der Waals surface area contributed by atoms with Gasteiger partial charge < -0.3 is 14.5 Å². The number of carbonyl (C=O) groups is 1. The van der Waals surface area contributed by atoms with Gasteiger partial charge in [-0.15, -0.1) is 0 Å².